The Hall–Kier alpha value is -2.30. The molecule has 2 unspecified atom stereocenters. The van der Waals surface area contributed by atoms with Gasteiger partial charge in [0.2, 0.25) is 5.91 Å². The average Bonchev–Trinajstić information content (AvgIpc) is 3.35. The molecule has 2 amide bonds. The average molecular weight is 380 g/mol. The normalized spacial score (nSPS) is 26.1. The molecule has 0 bridgehead atoms. The summed E-state index contributed by atoms with van der Waals surface area (Å²) in [6.45, 7) is 5.87. The molecular weight excluding hydrogens is 350 g/mol. The van der Waals surface area contributed by atoms with E-state index in [-0.39, 0.29) is 18.0 Å². The third kappa shape index (κ3) is 2.83. The molecule has 2 aromatic rings. The van der Waals surface area contributed by atoms with Crippen molar-refractivity contribution in [1.29, 1.82) is 0 Å². The number of piperazine rings is 1. The van der Waals surface area contributed by atoms with Crippen molar-refractivity contribution in [3.8, 4) is 0 Å². The Labute approximate surface area is 166 Å². The van der Waals surface area contributed by atoms with E-state index in [2.05, 4.69) is 18.7 Å². The van der Waals surface area contributed by atoms with E-state index in [4.69, 9.17) is 0 Å². The van der Waals surface area contributed by atoms with Gasteiger partial charge in [0.25, 0.3) is 5.91 Å². The Kier molecular flexibility index (Phi) is 3.87. The number of rotatable bonds is 3. The lowest BCUT2D eigenvalue weighted by Gasteiger charge is -2.43. The summed E-state index contributed by atoms with van der Waals surface area (Å²) in [4.78, 5) is 30.2. The molecule has 148 valence electrons. The topological polar surface area (TPSA) is 45.6 Å². The van der Waals surface area contributed by atoms with Gasteiger partial charge in [0, 0.05) is 38.1 Å². The minimum Gasteiger partial charge on any atom is -0.350 e. The van der Waals surface area contributed by atoms with Gasteiger partial charge in [0.15, 0.2) is 0 Å². The van der Waals surface area contributed by atoms with E-state index < -0.39 is 0 Å². The summed E-state index contributed by atoms with van der Waals surface area (Å²) in [7, 11) is 1.98. The van der Waals surface area contributed by atoms with Gasteiger partial charge in [-0.2, -0.15) is 0 Å². The number of benzene rings is 1. The van der Waals surface area contributed by atoms with Gasteiger partial charge in [-0.25, -0.2) is 0 Å². The Bertz CT molecular complexity index is 952. The van der Waals surface area contributed by atoms with Crippen molar-refractivity contribution in [3.63, 3.8) is 0 Å². The molecule has 5 heteroatoms. The van der Waals surface area contributed by atoms with Crippen LogP contribution >= 0.6 is 0 Å². The Balaban J connectivity index is 1.27. The molecule has 2 heterocycles. The fraction of sp³-hybridized carbons (Fsp3) is 0.565. The number of hydrogen-bond donors (Lipinski definition) is 0. The number of aryl methyl sites for hydroxylation is 1. The molecule has 1 saturated heterocycles. The SMILES string of the molecule is Cn1ccc2cccc(C(=O)N3CCN(C(=O)CC4CC(C)(C)C4)C4CC43)c21. The van der Waals surface area contributed by atoms with E-state index in [0.29, 0.717) is 36.8 Å². The van der Waals surface area contributed by atoms with E-state index in [9.17, 15) is 9.59 Å². The summed E-state index contributed by atoms with van der Waals surface area (Å²) in [5.41, 5.74) is 2.18. The molecule has 3 fully saturated rings. The number of carbonyl (C=O) groups excluding carboxylic acids is 2. The van der Waals surface area contributed by atoms with Crippen molar-refractivity contribution in [2.24, 2.45) is 18.4 Å². The molecule has 1 aromatic heterocycles. The summed E-state index contributed by atoms with van der Waals surface area (Å²) >= 11 is 0. The standard InChI is InChI=1S/C23H29N3O2/c1-23(2)13-15(14-23)11-20(27)25-9-10-26(19-12-18(19)25)22(28)17-6-4-5-16-7-8-24(3)21(16)17/h4-8,15,18-19H,9-14H2,1-3H3. The van der Waals surface area contributed by atoms with Crippen LogP contribution in [0.3, 0.4) is 0 Å². The molecule has 0 spiro atoms. The molecule has 3 aliphatic rings. The zero-order valence-corrected chi connectivity index (χ0v) is 17.0. The van der Waals surface area contributed by atoms with Crippen LogP contribution < -0.4 is 0 Å². The van der Waals surface area contributed by atoms with Gasteiger partial charge in [0.05, 0.1) is 23.2 Å². The third-order valence-electron chi connectivity index (χ3n) is 6.96. The highest BCUT2D eigenvalue weighted by Gasteiger charge is 2.52. The molecular formula is C23H29N3O2. The zero-order chi connectivity index (χ0) is 19.6. The quantitative estimate of drug-likeness (QED) is 0.820. The summed E-state index contributed by atoms with van der Waals surface area (Å²) in [5.74, 6) is 0.951. The molecule has 1 aromatic carbocycles. The highest BCUT2D eigenvalue weighted by atomic mass is 16.2. The molecule has 28 heavy (non-hydrogen) atoms. The number of nitrogens with zero attached hydrogens (tertiary/aromatic N) is 3. The van der Waals surface area contributed by atoms with Crippen LogP contribution in [0.25, 0.3) is 10.9 Å². The van der Waals surface area contributed by atoms with Crippen LogP contribution in [-0.2, 0) is 11.8 Å². The second kappa shape index (κ2) is 6.10. The minimum absolute atomic E-state index is 0.104. The molecule has 2 aliphatic carbocycles. The highest BCUT2D eigenvalue weighted by molar-refractivity contribution is 6.06. The number of hydrogen-bond acceptors (Lipinski definition) is 2. The monoisotopic (exact) mass is 379 g/mol. The third-order valence-corrected chi connectivity index (χ3v) is 6.96. The Morgan fingerprint density at radius 3 is 2.54 bits per heavy atom. The van der Waals surface area contributed by atoms with Gasteiger partial charge in [0.1, 0.15) is 0 Å². The van der Waals surface area contributed by atoms with Crippen molar-refractivity contribution in [2.75, 3.05) is 13.1 Å². The second-order valence-corrected chi connectivity index (χ2v) is 9.77. The number of amides is 2. The molecule has 1 aliphatic heterocycles. The molecule has 0 N–H and O–H groups in total. The van der Waals surface area contributed by atoms with Crippen LogP contribution in [0.15, 0.2) is 30.5 Å². The van der Waals surface area contributed by atoms with Gasteiger partial charge in [-0.05, 0) is 42.7 Å². The predicted octanol–water partition coefficient (Wildman–Crippen LogP) is 3.43. The minimum atomic E-state index is 0.104. The van der Waals surface area contributed by atoms with Gasteiger partial charge in [-0.3, -0.25) is 9.59 Å². The van der Waals surface area contributed by atoms with E-state index in [1.54, 1.807) is 0 Å². The molecule has 5 rings (SSSR count). The summed E-state index contributed by atoms with van der Waals surface area (Å²) in [6, 6.07) is 8.40. The second-order valence-electron chi connectivity index (χ2n) is 9.77. The van der Waals surface area contributed by atoms with Crippen molar-refractivity contribution in [2.45, 2.75) is 51.6 Å². The van der Waals surface area contributed by atoms with E-state index in [1.165, 1.54) is 0 Å². The summed E-state index contributed by atoms with van der Waals surface area (Å²) in [5, 5.41) is 1.10. The fourth-order valence-electron chi connectivity index (χ4n) is 5.64. The van der Waals surface area contributed by atoms with E-state index in [0.717, 1.165) is 35.7 Å². The lowest BCUT2D eigenvalue weighted by Crippen LogP contribution is -2.51. The van der Waals surface area contributed by atoms with Crippen LogP contribution in [0.5, 0.6) is 0 Å². The van der Waals surface area contributed by atoms with Gasteiger partial charge in [-0.1, -0.05) is 26.0 Å². The van der Waals surface area contributed by atoms with Crippen molar-refractivity contribution < 1.29 is 9.59 Å². The number of carbonyl (C=O) groups is 2. The maximum absolute atomic E-state index is 13.3. The van der Waals surface area contributed by atoms with Crippen LogP contribution in [-0.4, -0.2) is 51.4 Å². The molecule has 2 atom stereocenters. The number of fused-ring (bicyclic) bond motifs is 2. The lowest BCUT2D eigenvalue weighted by atomic mass is 9.63. The first-order valence-electron chi connectivity index (χ1n) is 10.5. The van der Waals surface area contributed by atoms with Crippen LogP contribution in [0, 0.1) is 11.3 Å². The largest absolute Gasteiger partial charge is 0.350 e. The van der Waals surface area contributed by atoms with E-state index >= 15 is 0 Å². The molecule has 2 saturated carbocycles. The van der Waals surface area contributed by atoms with Gasteiger partial charge < -0.3 is 14.4 Å². The molecule has 0 radical (unpaired) electrons. The van der Waals surface area contributed by atoms with Gasteiger partial charge >= 0.3 is 0 Å². The summed E-state index contributed by atoms with van der Waals surface area (Å²) < 4.78 is 2.02. The first kappa shape index (κ1) is 17.8. The van der Waals surface area contributed by atoms with Crippen LogP contribution in [0.1, 0.15) is 49.9 Å². The lowest BCUT2D eigenvalue weighted by molar-refractivity contribution is -0.135. The Morgan fingerprint density at radius 2 is 1.79 bits per heavy atom. The zero-order valence-electron chi connectivity index (χ0n) is 17.0. The van der Waals surface area contributed by atoms with Gasteiger partial charge in [-0.15, -0.1) is 0 Å². The van der Waals surface area contributed by atoms with Crippen molar-refractivity contribution in [1.82, 2.24) is 14.4 Å². The fourth-order valence-corrected chi connectivity index (χ4v) is 5.64. The number of aromatic nitrogens is 1. The Morgan fingerprint density at radius 1 is 1.07 bits per heavy atom. The predicted molar refractivity (Wildman–Crippen MR) is 109 cm³/mol. The maximum Gasteiger partial charge on any atom is 0.256 e. The molecule has 5 nitrogen and oxygen atoms in total. The maximum atomic E-state index is 13.3. The smallest absolute Gasteiger partial charge is 0.256 e. The first-order chi connectivity index (χ1) is 13.3. The summed E-state index contributed by atoms with van der Waals surface area (Å²) in [6.07, 6.45) is 5.93. The van der Waals surface area contributed by atoms with Crippen molar-refractivity contribution >= 4 is 22.7 Å². The van der Waals surface area contributed by atoms with Crippen LogP contribution in [0.2, 0.25) is 0 Å². The number of para-hydroxylation sites is 1. The first-order valence-corrected chi connectivity index (χ1v) is 10.5. The van der Waals surface area contributed by atoms with E-state index in [1.807, 2.05) is 47.0 Å². The van der Waals surface area contributed by atoms with Crippen molar-refractivity contribution in [3.05, 3.63) is 36.0 Å². The highest BCUT2D eigenvalue weighted by Crippen LogP contribution is 2.47. The van der Waals surface area contributed by atoms with Crippen LogP contribution in [0.4, 0.5) is 0 Å².